The quantitative estimate of drug-likeness (QED) is 0.660. The van der Waals surface area contributed by atoms with Crippen LogP contribution >= 0.6 is 11.6 Å². The maximum atomic E-state index is 6.00. The molecule has 134 valence electrons. The Kier molecular flexibility index (Phi) is 6.92. The summed E-state index contributed by atoms with van der Waals surface area (Å²) in [5.74, 6) is 0.789. The van der Waals surface area contributed by atoms with Gasteiger partial charge in [-0.2, -0.15) is 0 Å². The van der Waals surface area contributed by atoms with Crippen LogP contribution in [0.15, 0.2) is 54.6 Å². The predicted molar refractivity (Wildman–Crippen MR) is 105 cm³/mol. The first-order valence-corrected chi connectivity index (χ1v) is 9.67. The molecule has 0 amide bonds. The molecule has 1 unspecified atom stereocenters. The van der Waals surface area contributed by atoms with E-state index in [4.69, 9.17) is 16.3 Å². The van der Waals surface area contributed by atoms with E-state index >= 15 is 0 Å². The van der Waals surface area contributed by atoms with E-state index in [0.29, 0.717) is 0 Å². The minimum Gasteiger partial charge on any atom is -0.375 e. The highest BCUT2D eigenvalue weighted by Gasteiger charge is 2.23. The largest absolute Gasteiger partial charge is 0.375 e. The zero-order chi connectivity index (χ0) is 17.5. The first-order chi connectivity index (χ1) is 12.2. The molecule has 0 bridgehead atoms. The van der Waals surface area contributed by atoms with Crippen LogP contribution < -0.4 is 0 Å². The second-order valence-electron chi connectivity index (χ2n) is 7.07. The molecule has 0 aliphatic carbocycles. The van der Waals surface area contributed by atoms with E-state index in [9.17, 15) is 0 Å². The molecule has 3 heteroatoms. The summed E-state index contributed by atoms with van der Waals surface area (Å²) in [5.41, 5.74) is 2.66. The van der Waals surface area contributed by atoms with Crippen molar-refractivity contribution in [2.45, 2.75) is 31.8 Å². The maximum Gasteiger partial charge on any atom is 0.0947 e. The van der Waals surface area contributed by atoms with Crippen molar-refractivity contribution in [1.82, 2.24) is 4.90 Å². The second kappa shape index (κ2) is 9.38. The number of nitrogens with zero attached hydrogens (tertiary/aromatic N) is 1. The number of benzene rings is 2. The summed E-state index contributed by atoms with van der Waals surface area (Å²) < 4.78 is 5.76. The molecule has 1 aliphatic rings. The lowest BCUT2D eigenvalue weighted by Crippen LogP contribution is -2.38. The molecule has 1 aliphatic heterocycles. The molecule has 0 N–H and O–H groups in total. The smallest absolute Gasteiger partial charge is 0.0947 e. The second-order valence-corrected chi connectivity index (χ2v) is 7.50. The Morgan fingerprint density at radius 3 is 2.60 bits per heavy atom. The average Bonchev–Trinajstić information content (AvgIpc) is 2.66. The summed E-state index contributed by atoms with van der Waals surface area (Å²) in [7, 11) is 1.80. The van der Waals surface area contributed by atoms with Crippen LogP contribution in [-0.2, 0) is 11.2 Å². The van der Waals surface area contributed by atoms with Gasteiger partial charge in [0.05, 0.1) is 6.10 Å². The summed E-state index contributed by atoms with van der Waals surface area (Å²) in [4.78, 5) is 2.57. The standard InChI is InChI=1S/C22H28ClNO/c1-25-22(20-11-13-21(23)14-12-20)17-24-15-5-8-19(16-24)10-9-18-6-3-2-4-7-18/h2-4,6-7,11-14,19,22H,5,8-10,15-17H2,1H3/t19-,22?/m0/s1. The Labute approximate surface area is 156 Å². The van der Waals surface area contributed by atoms with Crippen molar-refractivity contribution in [2.75, 3.05) is 26.7 Å². The molecule has 0 saturated carbocycles. The third-order valence-electron chi connectivity index (χ3n) is 5.24. The van der Waals surface area contributed by atoms with Gasteiger partial charge in [0, 0.05) is 25.2 Å². The number of aryl methyl sites for hydroxylation is 1. The van der Waals surface area contributed by atoms with Crippen molar-refractivity contribution in [1.29, 1.82) is 0 Å². The molecule has 2 atom stereocenters. The Morgan fingerprint density at radius 1 is 1.12 bits per heavy atom. The third kappa shape index (κ3) is 5.57. The zero-order valence-electron chi connectivity index (χ0n) is 15.0. The van der Waals surface area contributed by atoms with Crippen LogP contribution in [0.4, 0.5) is 0 Å². The molecular formula is C22H28ClNO. The zero-order valence-corrected chi connectivity index (χ0v) is 15.8. The van der Waals surface area contributed by atoms with Gasteiger partial charge >= 0.3 is 0 Å². The number of rotatable bonds is 7. The van der Waals surface area contributed by atoms with Crippen molar-refractivity contribution in [3.63, 3.8) is 0 Å². The van der Waals surface area contributed by atoms with E-state index in [2.05, 4.69) is 47.4 Å². The highest BCUT2D eigenvalue weighted by molar-refractivity contribution is 6.30. The average molecular weight is 358 g/mol. The monoisotopic (exact) mass is 357 g/mol. The maximum absolute atomic E-state index is 6.00. The van der Waals surface area contributed by atoms with E-state index in [1.54, 1.807) is 7.11 Å². The minimum absolute atomic E-state index is 0.116. The van der Waals surface area contributed by atoms with Crippen molar-refractivity contribution in [2.24, 2.45) is 5.92 Å². The molecular weight excluding hydrogens is 330 g/mol. The van der Waals surface area contributed by atoms with Crippen molar-refractivity contribution in [3.8, 4) is 0 Å². The van der Waals surface area contributed by atoms with Gasteiger partial charge in [0.1, 0.15) is 0 Å². The fraction of sp³-hybridized carbons (Fsp3) is 0.455. The molecule has 0 aromatic heterocycles. The number of ether oxygens (including phenoxy) is 1. The number of halogens is 1. The van der Waals surface area contributed by atoms with Crippen LogP contribution in [0.25, 0.3) is 0 Å². The predicted octanol–water partition coefficient (Wildman–Crippen LogP) is 5.37. The van der Waals surface area contributed by atoms with Crippen LogP contribution in [0.5, 0.6) is 0 Å². The van der Waals surface area contributed by atoms with Crippen LogP contribution in [0, 0.1) is 5.92 Å². The fourth-order valence-electron chi connectivity index (χ4n) is 3.80. The highest BCUT2D eigenvalue weighted by Crippen LogP contribution is 2.25. The number of hydrogen-bond acceptors (Lipinski definition) is 2. The molecule has 1 heterocycles. The molecule has 0 spiro atoms. The van der Waals surface area contributed by atoms with Crippen LogP contribution in [-0.4, -0.2) is 31.6 Å². The third-order valence-corrected chi connectivity index (χ3v) is 5.49. The molecule has 2 nitrogen and oxygen atoms in total. The molecule has 1 fully saturated rings. The van der Waals surface area contributed by atoms with E-state index in [1.807, 2.05) is 12.1 Å². The summed E-state index contributed by atoms with van der Waals surface area (Å²) in [6.07, 6.45) is 5.21. The van der Waals surface area contributed by atoms with Gasteiger partial charge < -0.3 is 9.64 Å². The summed E-state index contributed by atoms with van der Waals surface area (Å²) in [6, 6.07) is 18.9. The lowest BCUT2D eigenvalue weighted by molar-refractivity contribution is 0.0465. The lowest BCUT2D eigenvalue weighted by atomic mass is 9.91. The Bertz CT molecular complexity index is 628. The van der Waals surface area contributed by atoms with Crippen LogP contribution in [0.3, 0.4) is 0 Å². The molecule has 2 aromatic rings. The summed E-state index contributed by atoms with van der Waals surface area (Å²) in [5, 5.41) is 0.776. The highest BCUT2D eigenvalue weighted by atomic mass is 35.5. The van der Waals surface area contributed by atoms with Crippen LogP contribution in [0.2, 0.25) is 5.02 Å². The number of methoxy groups -OCH3 is 1. The lowest BCUT2D eigenvalue weighted by Gasteiger charge is -2.35. The minimum atomic E-state index is 0.116. The number of piperidine rings is 1. The van der Waals surface area contributed by atoms with Gasteiger partial charge in [-0.3, -0.25) is 0 Å². The first kappa shape index (κ1) is 18.4. The Morgan fingerprint density at radius 2 is 1.88 bits per heavy atom. The van der Waals surface area contributed by atoms with Crippen molar-refractivity contribution < 1.29 is 4.74 Å². The van der Waals surface area contributed by atoms with Crippen LogP contribution in [0.1, 0.15) is 36.5 Å². The first-order valence-electron chi connectivity index (χ1n) is 9.29. The van der Waals surface area contributed by atoms with Gasteiger partial charge in [-0.1, -0.05) is 54.1 Å². The van der Waals surface area contributed by atoms with Gasteiger partial charge in [0.15, 0.2) is 0 Å². The Balaban J connectivity index is 1.52. The molecule has 1 saturated heterocycles. The summed E-state index contributed by atoms with van der Waals surface area (Å²) in [6.45, 7) is 3.32. The number of likely N-dealkylation sites (tertiary alicyclic amines) is 1. The SMILES string of the molecule is COC(CN1CCC[C@@H](CCc2ccccc2)C1)c1ccc(Cl)cc1. The molecule has 25 heavy (non-hydrogen) atoms. The normalized spacial score (nSPS) is 19.7. The van der Waals surface area contributed by atoms with Gasteiger partial charge in [-0.15, -0.1) is 0 Å². The summed E-state index contributed by atoms with van der Waals surface area (Å²) >= 11 is 6.00. The van der Waals surface area contributed by atoms with Crippen molar-refractivity contribution in [3.05, 3.63) is 70.7 Å². The molecule has 2 aromatic carbocycles. The fourth-order valence-corrected chi connectivity index (χ4v) is 3.92. The van der Waals surface area contributed by atoms with Gasteiger partial charge in [0.2, 0.25) is 0 Å². The molecule has 0 radical (unpaired) electrons. The van der Waals surface area contributed by atoms with E-state index < -0.39 is 0 Å². The van der Waals surface area contributed by atoms with E-state index in [1.165, 1.54) is 49.9 Å². The van der Waals surface area contributed by atoms with Gasteiger partial charge in [-0.25, -0.2) is 0 Å². The van der Waals surface area contributed by atoms with Gasteiger partial charge in [0.25, 0.3) is 0 Å². The Hall–Kier alpha value is -1.35. The molecule has 3 rings (SSSR count). The van der Waals surface area contributed by atoms with Crippen molar-refractivity contribution >= 4 is 11.6 Å². The van der Waals surface area contributed by atoms with Gasteiger partial charge in [-0.05, 0) is 61.4 Å². The topological polar surface area (TPSA) is 12.5 Å². The van der Waals surface area contributed by atoms with E-state index in [-0.39, 0.29) is 6.10 Å². The van der Waals surface area contributed by atoms with E-state index in [0.717, 1.165) is 17.5 Å². The number of hydrogen-bond donors (Lipinski definition) is 0.